The van der Waals surface area contributed by atoms with Crippen LogP contribution >= 0.6 is 0 Å². The third-order valence-corrected chi connectivity index (χ3v) is 5.28. The Morgan fingerprint density at radius 3 is 2.33 bits per heavy atom. The van der Waals surface area contributed by atoms with E-state index in [1.54, 1.807) is 13.2 Å². The maximum absolute atomic E-state index is 10.4. The van der Waals surface area contributed by atoms with Crippen molar-refractivity contribution in [1.29, 1.82) is 0 Å². The molecule has 0 amide bonds. The Morgan fingerprint density at radius 1 is 0.967 bits per heavy atom. The van der Waals surface area contributed by atoms with Gasteiger partial charge in [-0.3, -0.25) is 10.3 Å². The predicted molar refractivity (Wildman–Crippen MR) is 118 cm³/mol. The summed E-state index contributed by atoms with van der Waals surface area (Å²) >= 11 is 0. The lowest BCUT2D eigenvalue weighted by molar-refractivity contribution is 0.340. The molecule has 0 bridgehead atoms. The SMILES string of the molecule is CCOc1ccc(C2=N[C@@H](c3ccc(OC)cc3)N[C@@H](c3ccccc3O)C2)cc1. The molecule has 0 unspecified atom stereocenters. The smallest absolute Gasteiger partial charge is 0.126 e. The van der Waals surface area contributed by atoms with E-state index in [0.29, 0.717) is 13.0 Å². The number of aliphatic imine (C=N–C) groups is 1. The molecule has 30 heavy (non-hydrogen) atoms. The van der Waals surface area contributed by atoms with Crippen molar-refractivity contribution in [1.82, 2.24) is 5.32 Å². The molecule has 3 aromatic rings. The highest BCUT2D eigenvalue weighted by atomic mass is 16.5. The maximum atomic E-state index is 10.4. The molecular formula is C25H26N2O3. The monoisotopic (exact) mass is 402 g/mol. The Morgan fingerprint density at radius 2 is 1.67 bits per heavy atom. The van der Waals surface area contributed by atoms with Crippen LogP contribution in [0.25, 0.3) is 0 Å². The van der Waals surface area contributed by atoms with Crippen molar-refractivity contribution in [3.63, 3.8) is 0 Å². The molecule has 3 aromatic carbocycles. The quantitative estimate of drug-likeness (QED) is 0.608. The van der Waals surface area contributed by atoms with Crippen LogP contribution < -0.4 is 14.8 Å². The minimum absolute atomic E-state index is 0.0580. The second-order valence-electron chi connectivity index (χ2n) is 7.19. The van der Waals surface area contributed by atoms with E-state index >= 15 is 0 Å². The average Bonchev–Trinajstić information content (AvgIpc) is 2.80. The van der Waals surface area contributed by atoms with E-state index in [0.717, 1.165) is 33.9 Å². The van der Waals surface area contributed by atoms with Gasteiger partial charge >= 0.3 is 0 Å². The van der Waals surface area contributed by atoms with Crippen LogP contribution in [0.15, 0.2) is 77.8 Å². The number of rotatable bonds is 6. The lowest BCUT2D eigenvalue weighted by atomic mass is 9.93. The Labute approximate surface area is 177 Å². The van der Waals surface area contributed by atoms with Gasteiger partial charge in [0, 0.05) is 23.7 Å². The first-order valence-electron chi connectivity index (χ1n) is 10.2. The predicted octanol–water partition coefficient (Wildman–Crippen LogP) is 5.02. The number of hydrogen-bond acceptors (Lipinski definition) is 5. The summed E-state index contributed by atoms with van der Waals surface area (Å²) in [5.74, 6) is 1.94. The Hall–Kier alpha value is -3.31. The second kappa shape index (κ2) is 9.01. The van der Waals surface area contributed by atoms with Crippen LogP contribution in [0.5, 0.6) is 17.2 Å². The van der Waals surface area contributed by atoms with E-state index in [2.05, 4.69) is 5.32 Å². The van der Waals surface area contributed by atoms with Gasteiger partial charge in [0.2, 0.25) is 0 Å². The van der Waals surface area contributed by atoms with Gasteiger partial charge in [0.15, 0.2) is 0 Å². The molecule has 1 heterocycles. The van der Waals surface area contributed by atoms with Crippen LogP contribution in [0.2, 0.25) is 0 Å². The average molecular weight is 402 g/mol. The summed E-state index contributed by atoms with van der Waals surface area (Å²) in [6.07, 6.45) is 0.453. The van der Waals surface area contributed by atoms with Crippen LogP contribution in [0.4, 0.5) is 0 Å². The van der Waals surface area contributed by atoms with E-state index in [1.807, 2.05) is 73.7 Å². The Kier molecular flexibility index (Phi) is 6.00. The molecule has 154 valence electrons. The lowest BCUT2D eigenvalue weighted by Gasteiger charge is -2.31. The van der Waals surface area contributed by atoms with Crippen molar-refractivity contribution in [2.75, 3.05) is 13.7 Å². The molecular weight excluding hydrogens is 376 g/mol. The van der Waals surface area contributed by atoms with Crippen LogP contribution in [0.3, 0.4) is 0 Å². The molecule has 0 aliphatic carbocycles. The number of para-hydroxylation sites is 1. The molecule has 2 atom stereocenters. The van der Waals surface area contributed by atoms with Crippen LogP contribution in [-0.2, 0) is 0 Å². The first-order valence-corrected chi connectivity index (χ1v) is 10.2. The Bertz CT molecular complexity index is 1010. The number of methoxy groups -OCH3 is 1. The van der Waals surface area contributed by atoms with Crippen LogP contribution in [0.1, 0.15) is 42.2 Å². The number of aromatic hydroxyl groups is 1. The minimum atomic E-state index is -0.226. The molecule has 0 saturated heterocycles. The Balaban J connectivity index is 1.70. The van der Waals surface area contributed by atoms with Crippen molar-refractivity contribution in [2.24, 2.45) is 4.99 Å². The van der Waals surface area contributed by atoms with Crippen LogP contribution in [-0.4, -0.2) is 24.5 Å². The van der Waals surface area contributed by atoms with Gasteiger partial charge in [0.25, 0.3) is 0 Å². The van der Waals surface area contributed by atoms with Gasteiger partial charge in [-0.05, 0) is 60.5 Å². The fourth-order valence-electron chi connectivity index (χ4n) is 3.73. The summed E-state index contributed by atoms with van der Waals surface area (Å²) in [6.45, 7) is 2.61. The number of ether oxygens (including phenoxy) is 2. The summed E-state index contributed by atoms with van der Waals surface area (Å²) in [5.41, 5.74) is 3.96. The summed E-state index contributed by atoms with van der Waals surface area (Å²) in [7, 11) is 1.66. The van der Waals surface area contributed by atoms with Gasteiger partial charge in [-0.25, -0.2) is 0 Å². The van der Waals surface area contributed by atoms with Gasteiger partial charge in [-0.15, -0.1) is 0 Å². The standard InChI is InChI=1S/C25H26N2O3/c1-3-30-20-14-8-17(9-15-20)22-16-23(21-6-4-5-7-24(21)28)27-25(26-22)18-10-12-19(29-2)13-11-18/h4-15,23,25,27-28H,3,16H2,1-2H3/t23-,25-/m1/s1. The molecule has 0 fully saturated rings. The van der Waals surface area contributed by atoms with Crippen molar-refractivity contribution < 1.29 is 14.6 Å². The third kappa shape index (κ3) is 4.31. The number of phenolic OH excluding ortho intramolecular Hbond substituents is 1. The zero-order valence-electron chi connectivity index (χ0n) is 17.2. The number of nitrogens with one attached hydrogen (secondary N) is 1. The van der Waals surface area contributed by atoms with E-state index in [1.165, 1.54) is 0 Å². The minimum Gasteiger partial charge on any atom is -0.508 e. The summed E-state index contributed by atoms with van der Waals surface area (Å²) in [5, 5.41) is 14.0. The van der Waals surface area contributed by atoms with Crippen molar-refractivity contribution >= 4 is 5.71 Å². The highest BCUT2D eigenvalue weighted by Gasteiger charge is 2.27. The molecule has 4 rings (SSSR count). The molecule has 0 radical (unpaired) electrons. The molecule has 0 spiro atoms. The summed E-state index contributed by atoms with van der Waals surface area (Å²) < 4.78 is 10.9. The zero-order chi connectivity index (χ0) is 20.9. The summed E-state index contributed by atoms with van der Waals surface area (Å²) in [4.78, 5) is 5.00. The number of phenols is 1. The van der Waals surface area contributed by atoms with Gasteiger partial charge in [-0.1, -0.05) is 30.3 Å². The molecule has 0 saturated carbocycles. The largest absolute Gasteiger partial charge is 0.508 e. The van der Waals surface area contributed by atoms with E-state index in [-0.39, 0.29) is 18.0 Å². The fourth-order valence-corrected chi connectivity index (χ4v) is 3.73. The van der Waals surface area contributed by atoms with E-state index in [9.17, 15) is 5.11 Å². The molecule has 5 nitrogen and oxygen atoms in total. The number of benzene rings is 3. The van der Waals surface area contributed by atoms with Crippen molar-refractivity contribution in [3.05, 3.63) is 89.5 Å². The fraction of sp³-hybridized carbons (Fsp3) is 0.240. The first-order chi connectivity index (χ1) is 14.7. The molecule has 0 aromatic heterocycles. The topological polar surface area (TPSA) is 63.1 Å². The first kappa shape index (κ1) is 20.0. The number of hydrogen-bond donors (Lipinski definition) is 2. The van der Waals surface area contributed by atoms with Crippen molar-refractivity contribution in [3.8, 4) is 17.2 Å². The third-order valence-electron chi connectivity index (χ3n) is 5.28. The van der Waals surface area contributed by atoms with E-state index in [4.69, 9.17) is 14.5 Å². The normalized spacial score (nSPS) is 18.5. The van der Waals surface area contributed by atoms with Gasteiger partial charge in [-0.2, -0.15) is 0 Å². The van der Waals surface area contributed by atoms with E-state index < -0.39 is 0 Å². The summed E-state index contributed by atoms with van der Waals surface area (Å²) in [6, 6.07) is 23.3. The van der Waals surface area contributed by atoms with Crippen molar-refractivity contribution in [2.45, 2.75) is 25.6 Å². The zero-order valence-corrected chi connectivity index (χ0v) is 17.2. The lowest BCUT2D eigenvalue weighted by Crippen LogP contribution is -2.33. The molecule has 2 N–H and O–H groups in total. The van der Waals surface area contributed by atoms with Gasteiger partial charge in [0.05, 0.1) is 13.7 Å². The van der Waals surface area contributed by atoms with Crippen LogP contribution in [0, 0.1) is 0 Å². The highest BCUT2D eigenvalue weighted by Crippen LogP contribution is 2.34. The van der Waals surface area contributed by atoms with Gasteiger partial charge in [0.1, 0.15) is 23.4 Å². The maximum Gasteiger partial charge on any atom is 0.126 e. The number of nitrogens with zero attached hydrogens (tertiary/aromatic N) is 1. The van der Waals surface area contributed by atoms with Gasteiger partial charge < -0.3 is 14.6 Å². The highest BCUT2D eigenvalue weighted by molar-refractivity contribution is 6.01. The molecule has 1 aliphatic rings. The molecule has 1 aliphatic heterocycles. The second-order valence-corrected chi connectivity index (χ2v) is 7.19. The molecule has 5 heteroatoms.